The molecule has 0 aliphatic rings. The second-order valence-corrected chi connectivity index (χ2v) is 5.66. The van der Waals surface area contributed by atoms with Crippen molar-refractivity contribution in [2.24, 2.45) is 5.73 Å². The molecular formula is C18H26N2. The number of aromatic nitrogens is 1. The van der Waals surface area contributed by atoms with Crippen LogP contribution in [0.3, 0.4) is 0 Å². The minimum absolute atomic E-state index is 0.241. The van der Waals surface area contributed by atoms with E-state index in [1.165, 1.54) is 37.5 Å². The van der Waals surface area contributed by atoms with Gasteiger partial charge in [0.15, 0.2) is 0 Å². The van der Waals surface area contributed by atoms with Gasteiger partial charge < -0.3 is 5.73 Å². The number of pyridine rings is 1. The summed E-state index contributed by atoms with van der Waals surface area (Å²) in [6.07, 6.45) is 8.55. The first-order valence-electron chi connectivity index (χ1n) is 7.90. The lowest BCUT2D eigenvalue weighted by Crippen LogP contribution is -2.23. The van der Waals surface area contributed by atoms with Crippen molar-refractivity contribution >= 4 is 10.9 Å². The number of hydrogen-bond donors (Lipinski definition) is 1. The summed E-state index contributed by atoms with van der Waals surface area (Å²) in [5.74, 6) is 0. The zero-order valence-electron chi connectivity index (χ0n) is 12.5. The molecule has 1 aromatic carbocycles. The van der Waals surface area contributed by atoms with E-state index in [1.807, 2.05) is 12.1 Å². The minimum Gasteiger partial charge on any atom is -0.327 e. The molecule has 1 unspecified atom stereocenters. The Labute approximate surface area is 122 Å². The first-order chi connectivity index (χ1) is 9.79. The van der Waals surface area contributed by atoms with Crippen LogP contribution in [0, 0.1) is 0 Å². The number of hydrogen-bond acceptors (Lipinski definition) is 2. The molecule has 108 valence electrons. The summed E-state index contributed by atoms with van der Waals surface area (Å²) in [6, 6.07) is 12.7. The topological polar surface area (TPSA) is 38.9 Å². The number of nitrogens with two attached hydrogens (primary N) is 1. The lowest BCUT2D eigenvalue weighted by Gasteiger charge is -2.11. The Morgan fingerprint density at radius 2 is 1.80 bits per heavy atom. The van der Waals surface area contributed by atoms with E-state index in [4.69, 9.17) is 10.7 Å². The second kappa shape index (κ2) is 8.01. The summed E-state index contributed by atoms with van der Waals surface area (Å²) >= 11 is 0. The van der Waals surface area contributed by atoms with Gasteiger partial charge in [0, 0.05) is 23.5 Å². The SMILES string of the molecule is CCCCCCCC(N)Cc1ccc2ccccc2n1. The van der Waals surface area contributed by atoms with E-state index in [1.54, 1.807) is 0 Å². The fraction of sp³-hybridized carbons (Fsp3) is 0.500. The molecule has 0 saturated carbocycles. The van der Waals surface area contributed by atoms with Crippen molar-refractivity contribution in [3.63, 3.8) is 0 Å². The highest BCUT2D eigenvalue weighted by Crippen LogP contribution is 2.14. The average Bonchev–Trinajstić information content (AvgIpc) is 2.47. The number of rotatable bonds is 8. The van der Waals surface area contributed by atoms with Crippen molar-refractivity contribution in [1.82, 2.24) is 4.98 Å². The van der Waals surface area contributed by atoms with Crippen molar-refractivity contribution in [1.29, 1.82) is 0 Å². The number of fused-ring (bicyclic) bond motifs is 1. The highest BCUT2D eigenvalue weighted by molar-refractivity contribution is 5.78. The summed E-state index contributed by atoms with van der Waals surface area (Å²) in [4.78, 5) is 4.69. The molecule has 2 heteroatoms. The Morgan fingerprint density at radius 3 is 2.65 bits per heavy atom. The number of unbranched alkanes of at least 4 members (excludes halogenated alkanes) is 4. The van der Waals surface area contributed by atoms with Crippen LogP contribution in [0.2, 0.25) is 0 Å². The van der Waals surface area contributed by atoms with Gasteiger partial charge in [-0.3, -0.25) is 4.98 Å². The quantitative estimate of drug-likeness (QED) is 0.719. The fourth-order valence-corrected chi connectivity index (χ4v) is 2.60. The molecule has 0 radical (unpaired) electrons. The van der Waals surface area contributed by atoms with Gasteiger partial charge in [-0.05, 0) is 18.6 Å². The molecule has 0 spiro atoms. The predicted octanol–water partition coefficient (Wildman–Crippen LogP) is 4.47. The molecule has 1 heterocycles. The van der Waals surface area contributed by atoms with Crippen molar-refractivity contribution in [3.05, 3.63) is 42.1 Å². The molecule has 0 saturated heterocycles. The van der Waals surface area contributed by atoms with E-state index in [9.17, 15) is 0 Å². The van der Waals surface area contributed by atoms with Gasteiger partial charge in [0.2, 0.25) is 0 Å². The van der Waals surface area contributed by atoms with Crippen molar-refractivity contribution in [2.75, 3.05) is 0 Å². The third-order valence-electron chi connectivity index (χ3n) is 3.81. The third kappa shape index (κ3) is 4.61. The molecule has 2 aromatic rings. The van der Waals surface area contributed by atoms with Crippen LogP contribution < -0.4 is 5.73 Å². The van der Waals surface area contributed by atoms with E-state index in [0.29, 0.717) is 0 Å². The van der Waals surface area contributed by atoms with Crippen LogP contribution in [-0.2, 0) is 6.42 Å². The lowest BCUT2D eigenvalue weighted by molar-refractivity contribution is 0.535. The largest absolute Gasteiger partial charge is 0.327 e. The summed E-state index contributed by atoms with van der Waals surface area (Å²) < 4.78 is 0. The van der Waals surface area contributed by atoms with Crippen molar-refractivity contribution in [3.8, 4) is 0 Å². The highest BCUT2D eigenvalue weighted by Gasteiger charge is 2.06. The number of nitrogens with zero attached hydrogens (tertiary/aromatic N) is 1. The minimum atomic E-state index is 0.241. The zero-order chi connectivity index (χ0) is 14.2. The van der Waals surface area contributed by atoms with E-state index in [-0.39, 0.29) is 6.04 Å². The molecule has 2 N–H and O–H groups in total. The van der Waals surface area contributed by atoms with Gasteiger partial charge in [-0.2, -0.15) is 0 Å². The van der Waals surface area contributed by atoms with Crippen LogP contribution in [0.4, 0.5) is 0 Å². The van der Waals surface area contributed by atoms with Crippen LogP contribution in [0.5, 0.6) is 0 Å². The maximum Gasteiger partial charge on any atom is 0.0705 e. The lowest BCUT2D eigenvalue weighted by atomic mass is 10.0. The highest BCUT2D eigenvalue weighted by atomic mass is 14.7. The maximum atomic E-state index is 6.22. The molecule has 0 aliphatic carbocycles. The van der Waals surface area contributed by atoms with Crippen LogP contribution in [0.25, 0.3) is 10.9 Å². The first-order valence-corrected chi connectivity index (χ1v) is 7.90. The van der Waals surface area contributed by atoms with E-state index in [2.05, 4.69) is 31.2 Å². The van der Waals surface area contributed by atoms with Crippen LogP contribution in [0.15, 0.2) is 36.4 Å². The van der Waals surface area contributed by atoms with Gasteiger partial charge in [0.25, 0.3) is 0 Å². The summed E-state index contributed by atoms with van der Waals surface area (Å²) in [6.45, 7) is 2.25. The van der Waals surface area contributed by atoms with E-state index in [0.717, 1.165) is 24.1 Å². The Bertz CT molecular complexity index is 522. The Morgan fingerprint density at radius 1 is 1.00 bits per heavy atom. The second-order valence-electron chi connectivity index (χ2n) is 5.66. The smallest absolute Gasteiger partial charge is 0.0705 e. The fourth-order valence-electron chi connectivity index (χ4n) is 2.60. The van der Waals surface area contributed by atoms with Crippen LogP contribution in [0.1, 0.15) is 51.1 Å². The van der Waals surface area contributed by atoms with Crippen LogP contribution >= 0.6 is 0 Å². The summed E-state index contributed by atoms with van der Waals surface area (Å²) in [5.41, 5.74) is 8.41. The van der Waals surface area contributed by atoms with Gasteiger partial charge in [-0.25, -0.2) is 0 Å². The number of benzene rings is 1. The molecule has 0 aliphatic heterocycles. The average molecular weight is 270 g/mol. The molecule has 0 fully saturated rings. The van der Waals surface area contributed by atoms with Crippen LogP contribution in [-0.4, -0.2) is 11.0 Å². The molecule has 2 nitrogen and oxygen atoms in total. The standard InChI is InChI=1S/C18H26N2/c1-2-3-4-5-6-10-16(19)14-17-13-12-15-9-7-8-11-18(15)20-17/h7-9,11-13,16H,2-6,10,14,19H2,1H3. The molecule has 1 aromatic heterocycles. The van der Waals surface area contributed by atoms with Crippen molar-refractivity contribution in [2.45, 2.75) is 57.9 Å². The monoisotopic (exact) mass is 270 g/mol. The summed E-state index contributed by atoms with van der Waals surface area (Å²) in [5, 5.41) is 1.20. The molecular weight excluding hydrogens is 244 g/mol. The molecule has 1 atom stereocenters. The molecule has 0 amide bonds. The predicted molar refractivity (Wildman–Crippen MR) is 86.8 cm³/mol. The summed E-state index contributed by atoms with van der Waals surface area (Å²) in [7, 11) is 0. The third-order valence-corrected chi connectivity index (χ3v) is 3.81. The van der Waals surface area contributed by atoms with Gasteiger partial charge >= 0.3 is 0 Å². The molecule has 20 heavy (non-hydrogen) atoms. The zero-order valence-corrected chi connectivity index (χ0v) is 12.5. The Balaban J connectivity index is 1.81. The normalized spacial score (nSPS) is 12.7. The Hall–Kier alpha value is -1.41. The van der Waals surface area contributed by atoms with Gasteiger partial charge in [0.1, 0.15) is 0 Å². The Kier molecular flexibility index (Phi) is 6.00. The number of para-hydroxylation sites is 1. The molecule has 0 bridgehead atoms. The van der Waals surface area contributed by atoms with E-state index >= 15 is 0 Å². The first kappa shape index (κ1) is 15.0. The van der Waals surface area contributed by atoms with Crippen molar-refractivity contribution < 1.29 is 0 Å². The van der Waals surface area contributed by atoms with Gasteiger partial charge in [-0.1, -0.05) is 63.3 Å². The van der Waals surface area contributed by atoms with Gasteiger partial charge in [0.05, 0.1) is 5.52 Å². The maximum absolute atomic E-state index is 6.22. The van der Waals surface area contributed by atoms with Gasteiger partial charge in [-0.15, -0.1) is 0 Å². The molecule has 2 rings (SSSR count). The van der Waals surface area contributed by atoms with E-state index < -0.39 is 0 Å².